The van der Waals surface area contributed by atoms with Crippen LogP contribution in [-0.4, -0.2) is 18.7 Å². The Morgan fingerprint density at radius 1 is 1.67 bits per heavy atom. The van der Waals surface area contributed by atoms with E-state index in [-0.39, 0.29) is 13.5 Å². The molecule has 0 amide bonds. The lowest BCUT2D eigenvalue weighted by Crippen LogP contribution is -2.11. The van der Waals surface area contributed by atoms with Gasteiger partial charge in [0.25, 0.3) is 0 Å². The number of hydrogen-bond donors (Lipinski definition) is 2. The lowest BCUT2D eigenvalue weighted by Gasteiger charge is -2.06. The molecule has 2 N–H and O–H groups in total. The molecule has 1 atom stereocenters. The van der Waals surface area contributed by atoms with E-state index < -0.39 is 0 Å². The highest BCUT2D eigenvalue weighted by Crippen LogP contribution is 2.20. The van der Waals surface area contributed by atoms with Crippen LogP contribution in [0.1, 0.15) is 24.8 Å². The van der Waals surface area contributed by atoms with Crippen LogP contribution in [0.3, 0.4) is 0 Å². The summed E-state index contributed by atoms with van der Waals surface area (Å²) in [4.78, 5) is 1.06. The van der Waals surface area contributed by atoms with Crippen LogP contribution in [-0.2, 0) is 0 Å². The van der Waals surface area contributed by atoms with Gasteiger partial charge in [0.15, 0.2) is 0 Å². The number of aliphatic hydroxyl groups excluding tert-OH is 1. The van der Waals surface area contributed by atoms with E-state index in [9.17, 15) is 5.11 Å². The minimum absolute atomic E-state index is 0. The fraction of sp³-hybridized carbons (Fsp3) is 0.556. The molecule has 0 aromatic carbocycles. The Balaban J connectivity index is 0.00000121. The van der Waals surface area contributed by atoms with Crippen molar-refractivity contribution in [1.29, 1.82) is 0 Å². The summed E-state index contributed by atoms with van der Waals surface area (Å²) in [5.41, 5.74) is 0. The first-order valence-electron chi connectivity index (χ1n) is 3.70. The third kappa shape index (κ3) is 3.34. The largest absolute Gasteiger partial charge is 0.388 e. The fourth-order valence-corrected chi connectivity index (χ4v) is 1.65. The molecular formula is C9H17NOS. The van der Waals surface area contributed by atoms with E-state index in [1.807, 2.05) is 24.6 Å². The van der Waals surface area contributed by atoms with E-state index in [1.165, 1.54) is 0 Å². The van der Waals surface area contributed by atoms with Gasteiger partial charge in [-0.05, 0) is 31.5 Å². The Morgan fingerprint density at radius 2 is 2.42 bits per heavy atom. The number of thiophene rings is 1. The molecule has 0 aliphatic carbocycles. The second-order valence-corrected chi connectivity index (χ2v) is 3.40. The lowest BCUT2D eigenvalue weighted by molar-refractivity contribution is 0.171. The summed E-state index contributed by atoms with van der Waals surface area (Å²) < 4.78 is 0. The van der Waals surface area contributed by atoms with Crippen molar-refractivity contribution in [2.45, 2.75) is 20.0 Å². The summed E-state index contributed by atoms with van der Waals surface area (Å²) in [5.74, 6) is 0. The van der Waals surface area contributed by atoms with E-state index in [0.29, 0.717) is 0 Å². The molecule has 0 saturated heterocycles. The van der Waals surface area contributed by atoms with Crippen molar-refractivity contribution in [2.75, 3.05) is 13.6 Å². The summed E-state index contributed by atoms with van der Waals surface area (Å²) in [5, 5.41) is 14.5. The van der Waals surface area contributed by atoms with Gasteiger partial charge in [-0.2, -0.15) is 0 Å². The Labute approximate surface area is 78.2 Å². The van der Waals surface area contributed by atoms with Crippen LogP contribution in [0, 0.1) is 0 Å². The fourth-order valence-electron chi connectivity index (χ4n) is 0.904. The zero-order chi connectivity index (χ0) is 8.10. The van der Waals surface area contributed by atoms with Crippen molar-refractivity contribution in [2.24, 2.45) is 0 Å². The van der Waals surface area contributed by atoms with Gasteiger partial charge in [-0.15, -0.1) is 11.3 Å². The first-order valence-corrected chi connectivity index (χ1v) is 4.58. The smallest absolute Gasteiger partial charge is 0.0894 e. The molecule has 3 heteroatoms. The van der Waals surface area contributed by atoms with Gasteiger partial charge in [-0.1, -0.05) is 13.5 Å². The van der Waals surface area contributed by atoms with Gasteiger partial charge in [-0.3, -0.25) is 0 Å². The van der Waals surface area contributed by atoms with Crippen LogP contribution < -0.4 is 5.32 Å². The number of hydrogen-bond acceptors (Lipinski definition) is 3. The summed E-state index contributed by atoms with van der Waals surface area (Å²) in [6.07, 6.45) is 0.499. The van der Waals surface area contributed by atoms with Crippen LogP contribution in [0.2, 0.25) is 0 Å². The van der Waals surface area contributed by atoms with Crippen molar-refractivity contribution in [3.8, 4) is 0 Å². The Hall–Kier alpha value is -0.380. The average Bonchev–Trinajstić information content (AvgIpc) is 2.52. The maximum atomic E-state index is 9.51. The minimum atomic E-state index is -0.289. The molecule has 2 nitrogen and oxygen atoms in total. The maximum absolute atomic E-state index is 9.51. The van der Waals surface area contributed by atoms with Crippen molar-refractivity contribution in [3.05, 3.63) is 22.4 Å². The van der Waals surface area contributed by atoms with E-state index in [2.05, 4.69) is 5.32 Å². The van der Waals surface area contributed by atoms with E-state index in [4.69, 9.17) is 0 Å². The van der Waals surface area contributed by atoms with Gasteiger partial charge in [-0.25, -0.2) is 0 Å². The average molecular weight is 187 g/mol. The van der Waals surface area contributed by atoms with Gasteiger partial charge >= 0.3 is 0 Å². The quantitative estimate of drug-likeness (QED) is 0.756. The predicted molar refractivity (Wildman–Crippen MR) is 54.6 cm³/mol. The molecule has 0 spiro atoms. The van der Waals surface area contributed by atoms with Gasteiger partial charge in [0.05, 0.1) is 6.10 Å². The Morgan fingerprint density at radius 3 is 2.92 bits per heavy atom. The minimum Gasteiger partial charge on any atom is -0.388 e. The Bertz CT molecular complexity index is 186. The molecule has 0 aliphatic rings. The number of nitrogens with one attached hydrogen (secondary N) is 1. The molecule has 1 heterocycles. The van der Waals surface area contributed by atoms with Crippen LogP contribution in [0.5, 0.6) is 0 Å². The molecule has 1 aromatic heterocycles. The topological polar surface area (TPSA) is 32.3 Å². The molecule has 0 fully saturated rings. The zero-order valence-electron chi connectivity index (χ0n) is 6.58. The third-order valence-corrected chi connectivity index (χ3v) is 2.51. The standard InChI is InChI=1S/C8H13NOS.CH4/c1-9-5-4-7(10)8-3-2-6-11-8;/h2-3,6-7,9-10H,4-5H2,1H3;1H4/t7-;/m0./s1. The third-order valence-electron chi connectivity index (χ3n) is 1.54. The molecule has 0 radical (unpaired) electrons. The molecule has 1 rings (SSSR count). The summed E-state index contributed by atoms with van der Waals surface area (Å²) in [6, 6.07) is 3.92. The summed E-state index contributed by atoms with van der Waals surface area (Å²) in [7, 11) is 1.89. The maximum Gasteiger partial charge on any atom is 0.0894 e. The van der Waals surface area contributed by atoms with E-state index in [0.717, 1.165) is 17.8 Å². The normalized spacial score (nSPS) is 12.2. The van der Waals surface area contributed by atoms with Crippen molar-refractivity contribution in [1.82, 2.24) is 5.32 Å². The van der Waals surface area contributed by atoms with Crippen LogP contribution in [0.4, 0.5) is 0 Å². The zero-order valence-corrected chi connectivity index (χ0v) is 7.40. The van der Waals surface area contributed by atoms with Crippen molar-refractivity contribution >= 4 is 11.3 Å². The molecule has 70 valence electrons. The molecule has 12 heavy (non-hydrogen) atoms. The first-order chi connectivity index (χ1) is 5.34. The van der Waals surface area contributed by atoms with Crippen LogP contribution in [0.25, 0.3) is 0 Å². The molecule has 0 saturated carbocycles. The predicted octanol–water partition coefficient (Wildman–Crippen LogP) is 2.03. The highest BCUT2D eigenvalue weighted by Gasteiger charge is 2.06. The second kappa shape index (κ2) is 6.17. The first kappa shape index (κ1) is 11.6. The van der Waals surface area contributed by atoms with Gasteiger partial charge in [0.1, 0.15) is 0 Å². The van der Waals surface area contributed by atoms with Gasteiger partial charge in [0, 0.05) is 4.88 Å². The molecule has 0 bridgehead atoms. The van der Waals surface area contributed by atoms with Gasteiger partial charge < -0.3 is 10.4 Å². The SMILES string of the molecule is C.CNCC[C@H](O)c1cccs1. The Kier molecular flexibility index (Phi) is 5.98. The van der Waals surface area contributed by atoms with Crippen LogP contribution >= 0.6 is 11.3 Å². The van der Waals surface area contributed by atoms with Crippen molar-refractivity contribution in [3.63, 3.8) is 0 Å². The second-order valence-electron chi connectivity index (χ2n) is 2.42. The van der Waals surface area contributed by atoms with E-state index >= 15 is 0 Å². The molecular weight excluding hydrogens is 170 g/mol. The summed E-state index contributed by atoms with van der Waals surface area (Å²) >= 11 is 1.60. The number of rotatable bonds is 4. The van der Waals surface area contributed by atoms with Gasteiger partial charge in [0.2, 0.25) is 0 Å². The lowest BCUT2D eigenvalue weighted by atomic mass is 10.2. The monoisotopic (exact) mass is 187 g/mol. The highest BCUT2D eigenvalue weighted by atomic mass is 32.1. The van der Waals surface area contributed by atoms with Crippen molar-refractivity contribution < 1.29 is 5.11 Å². The van der Waals surface area contributed by atoms with Crippen LogP contribution in [0.15, 0.2) is 17.5 Å². The molecule has 0 unspecified atom stereocenters. The molecule has 0 aliphatic heterocycles. The van der Waals surface area contributed by atoms with E-state index in [1.54, 1.807) is 11.3 Å². The highest BCUT2D eigenvalue weighted by molar-refractivity contribution is 7.10. The molecule has 1 aromatic rings. The summed E-state index contributed by atoms with van der Waals surface area (Å²) in [6.45, 7) is 0.860. The number of aliphatic hydroxyl groups is 1.